The van der Waals surface area contributed by atoms with Crippen LogP contribution < -0.4 is 15.4 Å². The number of carbonyl (C=O) groups excluding carboxylic acids is 3. The monoisotopic (exact) mass is 563 g/mol. The maximum absolute atomic E-state index is 12.9. The SMILES string of the molecule is COC(=O)[C@@H]1C(=O)NC(SCC(=O)Nc2ccccc2Cl)=C(C#N)[C@H]1c1ccc(OC)c(Br)c1. The molecule has 2 aromatic carbocycles. The number of nitriles is 1. The number of rotatable bonds is 7. The normalized spacial score (nSPS) is 17.4. The zero-order valence-corrected chi connectivity index (χ0v) is 21.2. The molecule has 1 heterocycles. The number of anilines is 1. The Labute approximate surface area is 213 Å². The van der Waals surface area contributed by atoms with Gasteiger partial charge in [-0.05, 0) is 45.8 Å². The van der Waals surface area contributed by atoms with Gasteiger partial charge in [-0.15, -0.1) is 0 Å². The lowest BCUT2D eigenvalue weighted by molar-refractivity contribution is -0.150. The number of hydrogen-bond donors (Lipinski definition) is 2. The highest BCUT2D eigenvalue weighted by Crippen LogP contribution is 2.42. The van der Waals surface area contributed by atoms with Crippen molar-refractivity contribution in [2.24, 2.45) is 5.92 Å². The van der Waals surface area contributed by atoms with E-state index in [1.807, 2.05) is 0 Å². The average molecular weight is 565 g/mol. The van der Waals surface area contributed by atoms with Gasteiger partial charge in [-0.2, -0.15) is 5.26 Å². The predicted octanol–water partition coefficient (Wildman–Crippen LogP) is 4.22. The summed E-state index contributed by atoms with van der Waals surface area (Å²) >= 11 is 10.5. The number of ether oxygens (including phenoxy) is 2. The smallest absolute Gasteiger partial charge is 0.319 e. The van der Waals surface area contributed by atoms with Gasteiger partial charge < -0.3 is 20.1 Å². The van der Waals surface area contributed by atoms with E-state index in [0.29, 0.717) is 26.5 Å². The van der Waals surface area contributed by atoms with Gasteiger partial charge in [0.25, 0.3) is 0 Å². The number of thioether (sulfide) groups is 1. The fraction of sp³-hybridized carbons (Fsp3) is 0.217. The highest BCUT2D eigenvalue weighted by atomic mass is 79.9. The minimum absolute atomic E-state index is 0.103. The number of nitrogens with zero attached hydrogens (tertiary/aromatic N) is 1. The van der Waals surface area contributed by atoms with Crippen molar-refractivity contribution in [3.05, 3.63) is 68.1 Å². The molecule has 2 amide bonds. The molecule has 0 aromatic heterocycles. The van der Waals surface area contributed by atoms with Crippen LogP contribution in [0.1, 0.15) is 11.5 Å². The lowest BCUT2D eigenvalue weighted by Crippen LogP contribution is -2.44. The molecule has 8 nitrogen and oxygen atoms in total. The summed E-state index contributed by atoms with van der Waals surface area (Å²) in [7, 11) is 2.68. The van der Waals surface area contributed by atoms with Crippen molar-refractivity contribution in [1.29, 1.82) is 5.26 Å². The first-order chi connectivity index (χ1) is 16.3. The number of carbonyl (C=O) groups is 3. The van der Waals surface area contributed by atoms with E-state index in [4.69, 9.17) is 21.1 Å². The first-order valence-corrected chi connectivity index (χ1v) is 12.0. The molecule has 1 aliphatic heterocycles. The van der Waals surface area contributed by atoms with E-state index >= 15 is 0 Å². The summed E-state index contributed by atoms with van der Waals surface area (Å²) in [6.07, 6.45) is 0. The Bertz CT molecular complexity index is 1210. The molecule has 0 radical (unpaired) electrons. The molecule has 34 heavy (non-hydrogen) atoms. The summed E-state index contributed by atoms with van der Waals surface area (Å²) in [4.78, 5) is 37.9. The number of halogens is 2. The molecule has 2 atom stereocenters. The second-order valence-corrected chi connectivity index (χ2v) is 9.28. The minimum atomic E-state index is -1.28. The van der Waals surface area contributed by atoms with E-state index in [2.05, 4.69) is 32.6 Å². The average Bonchev–Trinajstić information content (AvgIpc) is 2.83. The van der Waals surface area contributed by atoms with Crippen LogP contribution in [0.3, 0.4) is 0 Å². The van der Waals surface area contributed by atoms with E-state index in [9.17, 15) is 19.6 Å². The molecule has 0 saturated heterocycles. The Morgan fingerprint density at radius 3 is 2.62 bits per heavy atom. The van der Waals surface area contributed by atoms with Gasteiger partial charge in [-0.3, -0.25) is 14.4 Å². The summed E-state index contributed by atoms with van der Waals surface area (Å²) in [6, 6.07) is 13.9. The molecular formula is C23H19BrClN3O5S. The first-order valence-electron chi connectivity index (χ1n) is 9.84. The lowest BCUT2D eigenvalue weighted by Gasteiger charge is -2.31. The van der Waals surface area contributed by atoms with Crippen molar-refractivity contribution in [3.8, 4) is 11.8 Å². The van der Waals surface area contributed by atoms with Crippen LogP contribution in [0, 0.1) is 17.2 Å². The number of allylic oxidation sites excluding steroid dienone is 1. The Balaban J connectivity index is 1.94. The van der Waals surface area contributed by atoms with Crippen molar-refractivity contribution in [3.63, 3.8) is 0 Å². The van der Waals surface area contributed by atoms with Crippen molar-refractivity contribution >= 4 is 62.8 Å². The van der Waals surface area contributed by atoms with Gasteiger partial charge in [-0.1, -0.05) is 41.6 Å². The summed E-state index contributed by atoms with van der Waals surface area (Å²) in [5, 5.41) is 15.8. The zero-order valence-electron chi connectivity index (χ0n) is 18.1. The number of methoxy groups -OCH3 is 2. The third kappa shape index (κ3) is 5.55. The molecule has 176 valence electrons. The highest BCUT2D eigenvalue weighted by molar-refractivity contribution is 9.10. The molecular weight excluding hydrogens is 546 g/mol. The van der Waals surface area contributed by atoms with Gasteiger partial charge in [-0.25, -0.2) is 0 Å². The summed E-state index contributed by atoms with van der Waals surface area (Å²) in [6.45, 7) is 0. The number of nitrogens with one attached hydrogen (secondary N) is 2. The fourth-order valence-electron chi connectivity index (χ4n) is 3.44. The third-order valence-electron chi connectivity index (χ3n) is 5.01. The molecule has 0 unspecified atom stereocenters. The summed E-state index contributed by atoms with van der Waals surface area (Å²) < 4.78 is 10.7. The van der Waals surface area contributed by atoms with E-state index < -0.39 is 23.7 Å². The fourth-order valence-corrected chi connectivity index (χ4v) is 5.03. The Kier molecular flexibility index (Phi) is 8.61. The predicted molar refractivity (Wildman–Crippen MR) is 132 cm³/mol. The zero-order chi connectivity index (χ0) is 24.8. The molecule has 2 aromatic rings. The standard InChI is InChI=1S/C23H19BrClN3O5S/c1-32-17-8-7-12(9-14(17)24)19-13(10-26)22(28-21(30)20(19)23(31)33-2)34-11-18(29)27-16-6-4-3-5-15(16)25/h3-9,19-20H,11H2,1-2H3,(H,27,29)(H,28,30)/t19-,20+/m1/s1. The van der Waals surface area contributed by atoms with Crippen LogP contribution in [0.25, 0.3) is 0 Å². The minimum Gasteiger partial charge on any atom is -0.496 e. The lowest BCUT2D eigenvalue weighted by atomic mass is 9.78. The molecule has 0 spiro atoms. The van der Waals surface area contributed by atoms with Crippen molar-refractivity contribution in [2.75, 3.05) is 25.3 Å². The first kappa shape index (κ1) is 25.6. The molecule has 1 aliphatic rings. The molecule has 11 heteroatoms. The Morgan fingerprint density at radius 1 is 1.26 bits per heavy atom. The van der Waals surface area contributed by atoms with E-state index in [1.54, 1.807) is 42.5 Å². The highest BCUT2D eigenvalue weighted by Gasteiger charge is 2.44. The molecule has 0 aliphatic carbocycles. The van der Waals surface area contributed by atoms with Crippen LogP contribution in [0.4, 0.5) is 5.69 Å². The van der Waals surface area contributed by atoms with Gasteiger partial charge in [0.15, 0.2) is 0 Å². The van der Waals surface area contributed by atoms with Crippen molar-refractivity contribution in [2.45, 2.75) is 5.92 Å². The third-order valence-corrected chi connectivity index (χ3v) is 6.98. The Hall–Kier alpha value is -3.00. The van der Waals surface area contributed by atoms with Gasteiger partial charge in [0, 0.05) is 5.92 Å². The van der Waals surface area contributed by atoms with Gasteiger partial charge in [0.1, 0.15) is 11.7 Å². The summed E-state index contributed by atoms with van der Waals surface area (Å²) in [5.41, 5.74) is 1.12. The molecule has 3 rings (SSSR count). The van der Waals surface area contributed by atoms with Crippen LogP contribution in [0.15, 0.2) is 57.5 Å². The number of esters is 1. The molecule has 0 bridgehead atoms. The van der Waals surface area contributed by atoms with Crippen molar-refractivity contribution in [1.82, 2.24) is 5.32 Å². The maximum Gasteiger partial charge on any atom is 0.319 e. The second kappa shape index (κ2) is 11.4. The van der Waals surface area contributed by atoms with Gasteiger partial charge >= 0.3 is 5.97 Å². The van der Waals surface area contributed by atoms with E-state index in [1.165, 1.54) is 14.2 Å². The van der Waals surface area contributed by atoms with E-state index in [-0.39, 0.29) is 22.3 Å². The number of benzene rings is 2. The van der Waals surface area contributed by atoms with Crippen LogP contribution >= 0.6 is 39.3 Å². The number of amides is 2. The van der Waals surface area contributed by atoms with Crippen LogP contribution in [-0.2, 0) is 19.1 Å². The Morgan fingerprint density at radius 2 is 2.00 bits per heavy atom. The number of para-hydroxylation sites is 1. The topological polar surface area (TPSA) is 118 Å². The van der Waals surface area contributed by atoms with Crippen LogP contribution in [0.5, 0.6) is 5.75 Å². The van der Waals surface area contributed by atoms with Crippen LogP contribution in [-0.4, -0.2) is 37.8 Å². The largest absolute Gasteiger partial charge is 0.496 e. The summed E-state index contributed by atoms with van der Waals surface area (Å²) in [5.74, 6) is -3.53. The maximum atomic E-state index is 12.9. The molecule has 0 fully saturated rings. The quantitative estimate of drug-likeness (QED) is 0.382. The van der Waals surface area contributed by atoms with Gasteiger partial charge in [0.2, 0.25) is 11.8 Å². The molecule has 0 saturated carbocycles. The van der Waals surface area contributed by atoms with E-state index in [0.717, 1.165) is 11.8 Å². The molecule has 2 N–H and O–H groups in total. The van der Waals surface area contributed by atoms with Gasteiger partial charge in [0.05, 0.1) is 51.8 Å². The van der Waals surface area contributed by atoms with Crippen LogP contribution in [0.2, 0.25) is 5.02 Å². The number of hydrogen-bond acceptors (Lipinski definition) is 7. The van der Waals surface area contributed by atoms with Crippen molar-refractivity contribution < 1.29 is 23.9 Å². The second-order valence-electron chi connectivity index (χ2n) is 7.03.